The molecule has 3 aromatic carbocycles. The molecule has 1 N–H and O–H groups in total. The van der Waals surface area contributed by atoms with Crippen molar-refractivity contribution < 1.29 is 18.0 Å². The van der Waals surface area contributed by atoms with E-state index in [1.54, 1.807) is 49.4 Å². The molecule has 0 fully saturated rings. The van der Waals surface area contributed by atoms with E-state index in [0.717, 1.165) is 9.87 Å². The van der Waals surface area contributed by atoms with Gasteiger partial charge in [-0.1, -0.05) is 47.5 Å². The van der Waals surface area contributed by atoms with Crippen molar-refractivity contribution in [1.82, 2.24) is 10.2 Å². The summed E-state index contributed by atoms with van der Waals surface area (Å²) < 4.78 is 28.4. The smallest absolute Gasteiger partial charge is 0.264 e. The summed E-state index contributed by atoms with van der Waals surface area (Å²) in [6.07, 6.45) is 0. The highest BCUT2D eigenvalue weighted by atomic mass is 35.5. The number of rotatable bonds is 9. The molecule has 0 aliphatic rings. The van der Waals surface area contributed by atoms with Crippen LogP contribution in [0.1, 0.15) is 18.1 Å². The summed E-state index contributed by atoms with van der Waals surface area (Å²) in [6, 6.07) is 18.7. The summed E-state index contributed by atoms with van der Waals surface area (Å²) in [4.78, 5) is 27.5. The fourth-order valence-electron chi connectivity index (χ4n) is 3.67. The second-order valence-corrected chi connectivity index (χ2v) is 11.0. The predicted octanol–water partition coefficient (Wildman–Crippen LogP) is 4.66. The quantitative estimate of drug-likeness (QED) is 0.422. The minimum absolute atomic E-state index is 0.0121. The minimum Gasteiger partial charge on any atom is -0.357 e. The van der Waals surface area contributed by atoms with E-state index in [-0.39, 0.29) is 17.3 Å². The second-order valence-electron chi connectivity index (χ2n) is 8.25. The number of hydrogen-bond donors (Lipinski definition) is 1. The van der Waals surface area contributed by atoms with Gasteiger partial charge in [-0.2, -0.15) is 0 Å². The third-order valence-electron chi connectivity index (χ3n) is 5.63. The molecule has 7 nitrogen and oxygen atoms in total. The van der Waals surface area contributed by atoms with Gasteiger partial charge in [-0.3, -0.25) is 13.9 Å². The van der Waals surface area contributed by atoms with E-state index in [1.165, 1.54) is 36.2 Å². The third-order valence-corrected chi connectivity index (χ3v) is 7.90. The lowest BCUT2D eigenvalue weighted by Crippen LogP contribution is -2.50. The molecule has 3 rings (SSSR count). The lowest BCUT2D eigenvalue weighted by molar-refractivity contribution is -0.139. The SMILES string of the molecule is CNC(=O)[C@@H](C)N(Cc1cccc(Cl)c1)C(=O)CN(c1cccc(C)c1)S(=O)(=O)c1ccc(Cl)cc1. The molecule has 2 amide bonds. The molecule has 0 bridgehead atoms. The molecule has 0 aliphatic carbocycles. The lowest BCUT2D eigenvalue weighted by Gasteiger charge is -2.32. The van der Waals surface area contributed by atoms with Crippen LogP contribution in [0.2, 0.25) is 10.0 Å². The Balaban J connectivity index is 2.03. The van der Waals surface area contributed by atoms with Gasteiger partial charge in [0.15, 0.2) is 0 Å². The average molecular weight is 548 g/mol. The van der Waals surface area contributed by atoms with Gasteiger partial charge in [0.1, 0.15) is 12.6 Å². The fraction of sp³-hybridized carbons (Fsp3) is 0.231. The number of aryl methyl sites for hydroxylation is 1. The Labute approximate surface area is 221 Å². The summed E-state index contributed by atoms with van der Waals surface area (Å²) in [7, 11) is -2.66. The second kappa shape index (κ2) is 11.8. The van der Waals surface area contributed by atoms with E-state index in [4.69, 9.17) is 23.2 Å². The molecule has 1 atom stereocenters. The van der Waals surface area contributed by atoms with Crippen LogP contribution in [0, 0.1) is 6.92 Å². The maximum atomic E-state index is 13.7. The Morgan fingerprint density at radius 2 is 1.61 bits per heavy atom. The Kier molecular flexibility index (Phi) is 9.00. The molecule has 190 valence electrons. The molecule has 0 radical (unpaired) electrons. The van der Waals surface area contributed by atoms with E-state index in [0.29, 0.717) is 21.3 Å². The van der Waals surface area contributed by atoms with Crippen molar-refractivity contribution in [2.45, 2.75) is 31.3 Å². The van der Waals surface area contributed by atoms with E-state index in [9.17, 15) is 18.0 Å². The number of sulfonamides is 1. The molecule has 36 heavy (non-hydrogen) atoms. The van der Waals surface area contributed by atoms with Crippen LogP contribution in [-0.2, 0) is 26.2 Å². The van der Waals surface area contributed by atoms with Crippen molar-refractivity contribution in [3.63, 3.8) is 0 Å². The molecule has 0 aliphatic heterocycles. The highest BCUT2D eigenvalue weighted by Crippen LogP contribution is 2.26. The van der Waals surface area contributed by atoms with E-state index in [2.05, 4.69) is 5.32 Å². The zero-order chi connectivity index (χ0) is 26.5. The molecular formula is C26H27Cl2N3O4S. The van der Waals surface area contributed by atoms with Crippen LogP contribution in [0.4, 0.5) is 5.69 Å². The van der Waals surface area contributed by atoms with Gasteiger partial charge in [0, 0.05) is 23.6 Å². The zero-order valence-corrected chi connectivity index (χ0v) is 22.4. The summed E-state index contributed by atoms with van der Waals surface area (Å²) in [5.74, 6) is -0.932. The van der Waals surface area contributed by atoms with Gasteiger partial charge in [0.2, 0.25) is 11.8 Å². The fourth-order valence-corrected chi connectivity index (χ4v) is 5.41. The largest absolute Gasteiger partial charge is 0.357 e. The Morgan fingerprint density at radius 3 is 2.22 bits per heavy atom. The highest BCUT2D eigenvalue weighted by Gasteiger charge is 2.32. The monoisotopic (exact) mass is 547 g/mol. The lowest BCUT2D eigenvalue weighted by atomic mass is 10.1. The molecule has 0 spiro atoms. The van der Waals surface area contributed by atoms with Crippen molar-refractivity contribution in [3.8, 4) is 0 Å². The molecule has 0 saturated heterocycles. The molecule has 0 heterocycles. The highest BCUT2D eigenvalue weighted by molar-refractivity contribution is 7.92. The summed E-state index contributed by atoms with van der Waals surface area (Å²) in [5.41, 5.74) is 1.86. The van der Waals surface area contributed by atoms with Gasteiger partial charge < -0.3 is 10.2 Å². The topological polar surface area (TPSA) is 86.8 Å². The van der Waals surface area contributed by atoms with Crippen LogP contribution in [0.3, 0.4) is 0 Å². The Hall–Kier alpha value is -3.07. The summed E-state index contributed by atoms with van der Waals surface area (Å²) >= 11 is 12.1. The first kappa shape index (κ1) is 27.5. The number of amides is 2. The van der Waals surface area contributed by atoms with Crippen molar-refractivity contribution in [2.75, 3.05) is 17.9 Å². The van der Waals surface area contributed by atoms with Crippen LogP contribution in [0.25, 0.3) is 0 Å². The molecule has 0 aromatic heterocycles. The van der Waals surface area contributed by atoms with E-state index in [1.807, 2.05) is 13.0 Å². The zero-order valence-electron chi connectivity index (χ0n) is 20.1. The first-order valence-corrected chi connectivity index (χ1v) is 13.3. The van der Waals surface area contributed by atoms with Crippen LogP contribution in [0.15, 0.2) is 77.7 Å². The van der Waals surface area contributed by atoms with Crippen LogP contribution >= 0.6 is 23.2 Å². The number of nitrogens with one attached hydrogen (secondary N) is 1. The Bertz CT molecular complexity index is 1350. The van der Waals surface area contributed by atoms with E-state index >= 15 is 0 Å². The third kappa shape index (κ3) is 6.57. The van der Waals surface area contributed by atoms with E-state index < -0.39 is 28.5 Å². The Morgan fingerprint density at radius 1 is 0.944 bits per heavy atom. The number of nitrogens with zero attached hydrogens (tertiary/aromatic N) is 2. The van der Waals surface area contributed by atoms with Crippen LogP contribution in [0.5, 0.6) is 0 Å². The van der Waals surface area contributed by atoms with Crippen LogP contribution < -0.4 is 9.62 Å². The molecular weight excluding hydrogens is 521 g/mol. The maximum Gasteiger partial charge on any atom is 0.264 e. The minimum atomic E-state index is -4.14. The average Bonchev–Trinajstić information content (AvgIpc) is 2.85. The van der Waals surface area contributed by atoms with Crippen LogP contribution in [-0.4, -0.2) is 44.8 Å². The van der Waals surface area contributed by atoms with Gasteiger partial charge in [0.05, 0.1) is 10.6 Å². The predicted molar refractivity (Wildman–Crippen MR) is 143 cm³/mol. The van der Waals surface area contributed by atoms with Gasteiger partial charge in [-0.05, 0) is 73.5 Å². The first-order valence-electron chi connectivity index (χ1n) is 11.1. The number of halogens is 2. The maximum absolute atomic E-state index is 13.7. The first-order chi connectivity index (χ1) is 17.0. The molecule has 3 aromatic rings. The standard InChI is InChI=1S/C26H27Cl2N3O4S/c1-18-6-4-9-23(14-18)31(36(34,35)24-12-10-21(27)11-13-24)17-25(32)30(19(2)26(33)29-3)16-20-7-5-8-22(28)15-20/h4-15,19H,16-17H2,1-3H3,(H,29,33)/t19-/m1/s1. The van der Waals surface area contributed by atoms with Crippen molar-refractivity contribution in [2.24, 2.45) is 0 Å². The number of anilines is 1. The molecule has 0 unspecified atom stereocenters. The normalized spacial score (nSPS) is 12.0. The van der Waals surface area contributed by atoms with Gasteiger partial charge in [0.25, 0.3) is 10.0 Å². The van der Waals surface area contributed by atoms with Gasteiger partial charge in [-0.15, -0.1) is 0 Å². The number of carbonyl (C=O) groups excluding carboxylic acids is 2. The van der Waals surface area contributed by atoms with Crippen molar-refractivity contribution in [3.05, 3.63) is 94.0 Å². The molecule has 0 saturated carbocycles. The van der Waals surface area contributed by atoms with Gasteiger partial charge >= 0.3 is 0 Å². The number of likely N-dealkylation sites (N-methyl/N-ethyl adjacent to an activating group) is 1. The van der Waals surface area contributed by atoms with Crippen molar-refractivity contribution >= 4 is 50.7 Å². The van der Waals surface area contributed by atoms with Gasteiger partial charge in [-0.25, -0.2) is 8.42 Å². The number of benzene rings is 3. The molecule has 10 heteroatoms. The summed E-state index contributed by atoms with van der Waals surface area (Å²) in [5, 5.41) is 3.42. The van der Waals surface area contributed by atoms with Crippen molar-refractivity contribution in [1.29, 1.82) is 0 Å². The number of carbonyl (C=O) groups is 2. The number of hydrogen-bond acceptors (Lipinski definition) is 4. The summed E-state index contributed by atoms with van der Waals surface area (Å²) in [6.45, 7) is 2.97.